The van der Waals surface area contributed by atoms with Gasteiger partial charge in [-0.1, -0.05) is 0 Å². The van der Waals surface area contributed by atoms with Crippen LogP contribution in [-0.2, 0) is 16.1 Å². The van der Waals surface area contributed by atoms with Crippen molar-refractivity contribution in [2.75, 3.05) is 44.2 Å². The molecule has 2 rings (SSSR count). The summed E-state index contributed by atoms with van der Waals surface area (Å²) >= 11 is 1.86. The van der Waals surface area contributed by atoms with Crippen molar-refractivity contribution in [1.82, 2.24) is 9.97 Å². The Balaban J connectivity index is 2.04. The molecule has 2 heterocycles. The quantitative estimate of drug-likeness (QED) is 0.743. The van der Waals surface area contributed by atoms with Crippen LogP contribution in [0.3, 0.4) is 0 Å². The van der Waals surface area contributed by atoms with Gasteiger partial charge in [-0.05, 0) is 24.9 Å². The molecule has 1 N–H and O–H groups in total. The number of nitrogens with zero attached hydrogens (tertiary/aromatic N) is 2. The van der Waals surface area contributed by atoms with Crippen molar-refractivity contribution < 1.29 is 9.47 Å². The summed E-state index contributed by atoms with van der Waals surface area (Å²) in [5.74, 6) is 3.19. The van der Waals surface area contributed by atoms with Gasteiger partial charge in [-0.2, -0.15) is 11.8 Å². The molecule has 0 bridgehead atoms. The van der Waals surface area contributed by atoms with Gasteiger partial charge in [0.1, 0.15) is 12.4 Å². The van der Waals surface area contributed by atoms with Crippen molar-refractivity contribution >= 4 is 17.6 Å². The lowest BCUT2D eigenvalue weighted by Crippen LogP contribution is -2.11. The first kappa shape index (κ1) is 15.5. The highest BCUT2D eigenvalue weighted by molar-refractivity contribution is 7.98. The van der Waals surface area contributed by atoms with Gasteiger partial charge in [0.05, 0.1) is 12.3 Å². The number of nitrogens with one attached hydrogen (secondary N) is 1. The Labute approximate surface area is 124 Å². The molecule has 1 aromatic rings. The zero-order chi connectivity index (χ0) is 14.2. The number of hydrogen-bond acceptors (Lipinski definition) is 6. The molecule has 0 saturated carbocycles. The lowest BCUT2D eigenvalue weighted by Gasteiger charge is -2.12. The van der Waals surface area contributed by atoms with Gasteiger partial charge in [0.25, 0.3) is 0 Å². The Bertz CT molecular complexity index is 411. The Morgan fingerprint density at radius 1 is 1.50 bits per heavy atom. The van der Waals surface area contributed by atoms with Crippen LogP contribution in [0.1, 0.15) is 30.3 Å². The summed E-state index contributed by atoms with van der Waals surface area (Å²) in [5, 5.41) is 3.38. The highest BCUT2D eigenvalue weighted by Crippen LogP contribution is 2.25. The molecular weight excluding hydrogens is 274 g/mol. The summed E-state index contributed by atoms with van der Waals surface area (Å²) < 4.78 is 10.6. The summed E-state index contributed by atoms with van der Waals surface area (Å²) in [6, 6.07) is 2.05. The number of rotatable bonds is 8. The Hall–Kier alpha value is -0.850. The van der Waals surface area contributed by atoms with E-state index in [0.29, 0.717) is 12.5 Å². The van der Waals surface area contributed by atoms with Gasteiger partial charge < -0.3 is 14.8 Å². The van der Waals surface area contributed by atoms with Crippen molar-refractivity contribution in [3.8, 4) is 0 Å². The van der Waals surface area contributed by atoms with E-state index in [2.05, 4.69) is 27.6 Å². The standard InChI is InChI=1S/C14H23N3O2S/c1-18-10-14-16-12(11-4-6-19-9-11)8-13(17-14)15-5-3-7-20-2/h8,11H,3-7,9-10H2,1-2H3,(H,15,16,17). The van der Waals surface area contributed by atoms with Crippen LogP contribution in [-0.4, -0.2) is 48.8 Å². The number of thioether (sulfide) groups is 1. The van der Waals surface area contributed by atoms with Crippen molar-refractivity contribution in [3.05, 3.63) is 17.6 Å². The average Bonchev–Trinajstić information content (AvgIpc) is 2.98. The summed E-state index contributed by atoms with van der Waals surface area (Å²) in [5.41, 5.74) is 1.07. The second-order valence-electron chi connectivity index (χ2n) is 4.86. The topological polar surface area (TPSA) is 56.3 Å². The molecule has 20 heavy (non-hydrogen) atoms. The lowest BCUT2D eigenvalue weighted by atomic mass is 10.0. The van der Waals surface area contributed by atoms with Crippen LogP contribution < -0.4 is 5.32 Å². The minimum absolute atomic E-state index is 0.389. The van der Waals surface area contributed by atoms with Gasteiger partial charge in [-0.15, -0.1) is 0 Å². The molecule has 0 aliphatic carbocycles. The largest absolute Gasteiger partial charge is 0.381 e. The van der Waals surface area contributed by atoms with Crippen LogP contribution in [0.5, 0.6) is 0 Å². The summed E-state index contributed by atoms with van der Waals surface area (Å²) in [7, 11) is 1.67. The van der Waals surface area contributed by atoms with E-state index in [0.717, 1.165) is 55.7 Å². The molecule has 1 atom stereocenters. The van der Waals surface area contributed by atoms with E-state index in [-0.39, 0.29) is 0 Å². The van der Waals surface area contributed by atoms with Crippen LogP contribution in [0.2, 0.25) is 0 Å². The van der Waals surface area contributed by atoms with Crippen LogP contribution in [0.25, 0.3) is 0 Å². The molecule has 1 saturated heterocycles. The first-order valence-corrected chi connectivity index (χ1v) is 8.40. The molecule has 112 valence electrons. The molecule has 1 unspecified atom stereocenters. The van der Waals surface area contributed by atoms with E-state index in [1.165, 1.54) is 0 Å². The van der Waals surface area contributed by atoms with Gasteiger partial charge in [-0.3, -0.25) is 0 Å². The second-order valence-corrected chi connectivity index (χ2v) is 5.85. The van der Waals surface area contributed by atoms with E-state index in [4.69, 9.17) is 9.47 Å². The third-order valence-corrected chi connectivity index (χ3v) is 3.94. The number of hydrogen-bond donors (Lipinski definition) is 1. The Morgan fingerprint density at radius 2 is 2.40 bits per heavy atom. The van der Waals surface area contributed by atoms with Crippen molar-refractivity contribution in [3.63, 3.8) is 0 Å². The number of methoxy groups -OCH3 is 1. The van der Waals surface area contributed by atoms with Gasteiger partial charge in [0, 0.05) is 32.2 Å². The number of anilines is 1. The van der Waals surface area contributed by atoms with Crippen molar-refractivity contribution in [2.24, 2.45) is 0 Å². The smallest absolute Gasteiger partial charge is 0.156 e. The summed E-state index contributed by atoms with van der Waals surface area (Å²) in [6.45, 7) is 2.96. The normalized spacial score (nSPS) is 18.4. The minimum atomic E-state index is 0.389. The fourth-order valence-electron chi connectivity index (χ4n) is 2.21. The van der Waals surface area contributed by atoms with Gasteiger partial charge >= 0.3 is 0 Å². The lowest BCUT2D eigenvalue weighted by molar-refractivity contribution is 0.177. The first-order chi connectivity index (χ1) is 9.83. The Kier molecular flexibility index (Phi) is 6.56. The molecule has 1 aromatic heterocycles. The van der Waals surface area contributed by atoms with E-state index in [1.54, 1.807) is 7.11 Å². The van der Waals surface area contributed by atoms with E-state index in [9.17, 15) is 0 Å². The van der Waals surface area contributed by atoms with Gasteiger partial charge in [0.2, 0.25) is 0 Å². The molecule has 0 amide bonds. The molecule has 1 aliphatic rings. The van der Waals surface area contributed by atoms with E-state index in [1.807, 2.05) is 11.8 Å². The molecule has 0 radical (unpaired) electrons. The van der Waals surface area contributed by atoms with E-state index < -0.39 is 0 Å². The summed E-state index contributed by atoms with van der Waals surface area (Å²) in [6.07, 6.45) is 4.29. The van der Waals surface area contributed by atoms with Crippen LogP contribution >= 0.6 is 11.8 Å². The van der Waals surface area contributed by atoms with Gasteiger partial charge in [-0.25, -0.2) is 9.97 Å². The van der Waals surface area contributed by atoms with Crippen LogP contribution in [0.15, 0.2) is 6.07 Å². The first-order valence-electron chi connectivity index (χ1n) is 7.01. The highest BCUT2D eigenvalue weighted by Gasteiger charge is 2.20. The molecular formula is C14H23N3O2S. The molecule has 1 fully saturated rings. The summed E-state index contributed by atoms with van der Waals surface area (Å²) in [4.78, 5) is 9.09. The molecule has 6 heteroatoms. The van der Waals surface area contributed by atoms with E-state index >= 15 is 0 Å². The minimum Gasteiger partial charge on any atom is -0.381 e. The predicted octanol–water partition coefficient (Wildman–Crippen LogP) is 2.29. The molecule has 1 aliphatic heterocycles. The monoisotopic (exact) mass is 297 g/mol. The number of ether oxygens (including phenoxy) is 2. The van der Waals surface area contributed by atoms with Gasteiger partial charge in [0.15, 0.2) is 5.82 Å². The Morgan fingerprint density at radius 3 is 3.10 bits per heavy atom. The number of aromatic nitrogens is 2. The molecule has 5 nitrogen and oxygen atoms in total. The maximum atomic E-state index is 5.45. The second kappa shape index (κ2) is 8.44. The highest BCUT2D eigenvalue weighted by atomic mass is 32.2. The van der Waals surface area contributed by atoms with Crippen LogP contribution in [0, 0.1) is 0 Å². The molecule has 0 spiro atoms. The predicted molar refractivity (Wildman–Crippen MR) is 82.4 cm³/mol. The van der Waals surface area contributed by atoms with Crippen molar-refractivity contribution in [1.29, 1.82) is 0 Å². The fraction of sp³-hybridized carbons (Fsp3) is 0.714. The zero-order valence-corrected chi connectivity index (χ0v) is 13.0. The van der Waals surface area contributed by atoms with Crippen molar-refractivity contribution in [2.45, 2.75) is 25.4 Å². The molecule has 0 aromatic carbocycles. The SMILES string of the molecule is COCc1nc(NCCCSC)cc(C2CCOC2)n1. The van der Waals surface area contributed by atoms with Crippen LogP contribution in [0.4, 0.5) is 5.82 Å². The maximum absolute atomic E-state index is 5.45. The fourth-order valence-corrected chi connectivity index (χ4v) is 2.64. The third-order valence-electron chi connectivity index (χ3n) is 3.25. The zero-order valence-electron chi connectivity index (χ0n) is 12.2. The maximum Gasteiger partial charge on any atom is 0.156 e. The average molecular weight is 297 g/mol. The third kappa shape index (κ3) is 4.61.